The summed E-state index contributed by atoms with van der Waals surface area (Å²) in [6.45, 7) is 10.7. The first-order valence-corrected chi connectivity index (χ1v) is 7.23. The monoisotopic (exact) mass is 269 g/mol. The molecule has 0 aromatic carbocycles. The fourth-order valence-electron chi connectivity index (χ4n) is 2.61. The zero-order valence-corrected chi connectivity index (χ0v) is 12.6. The highest BCUT2D eigenvalue weighted by atomic mass is 16.6. The van der Waals surface area contributed by atoms with Crippen molar-refractivity contribution in [2.45, 2.75) is 38.8 Å². The Hall–Kier alpha value is -0.810. The van der Waals surface area contributed by atoms with Crippen LogP contribution in [0.2, 0.25) is 0 Å². The summed E-state index contributed by atoms with van der Waals surface area (Å²) >= 11 is 0. The molecule has 2 aliphatic heterocycles. The van der Waals surface area contributed by atoms with E-state index in [4.69, 9.17) is 4.74 Å². The summed E-state index contributed by atoms with van der Waals surface area (Å²) in [4.78, 5) is 15.9. The Balaban J connectivity index is 1.60. The van der Waals surface area contributed by atoms with E-state index < -0.39 is 5.60 Å². The van der Waals surface area contributed by atoms with Crippen LogP contribution in [0.25, 0.3) is 0 Å². The highest BCUT2D eigenvalue weighted by Crippen LogP contribution is 2.17. The second-order valence-corrected chi connectivity index (χ2v) is 6.91. The number of hydrogen-bond acceptors (Lipinski definition) is 4. The molecule has 0 aliphatic carbocycles. The SMILES string of the molecule is CN1CCC(CNC2CN(C(=O)OC(C)(C)C)C2)C1. The van der Waals surface area contributed by atoms with Crippen molar-refractivity contribution in [2.24, 2.45) is 5.92 Å². The van der Waals surface area contributed by atoms with E-state index >= 15 is 0 Å². The van der Waals surface area contributed by atoms with Gasteiger partial charge in [-0.2, -0.15) is 0 Å². The first-order chi connectivity index (χ1) is 8.83. The molecular weight excluding hydrogens is 242 g/mol. The number of carbonyl (C=O) groups excluding carboxylic acids is 1. The van der Waals surface area contributed by atoms with Crippen LogP contribution in [0.5, 0.6) is 0 Å². The van der Waals surface area contributed by atoms with E-state index in [0.29, 0.717) is 6.04 Å². The summed E-state index contributed by atoms with van der Waals surface area (Å²) in [5, 5.41) is 3.55. The average molecular weight is 269 g/mol. The third-order valence-corrected chi connectivity index (χ3v) is 3.72. The van der Waals surface area contributed by atoms with Crippen molar-refractivity contribution in [3.63, 3.8) is 0 Å². The maximum absolute atomic E-state index is 11.8. The van der Waals surface area contributed by atoms with Gasteiger partial charge >= 0.3 is 6.09 Å². The second kappa shape index (κ2) is 5.67. The molecule has 1 unspecified atom stereocenters. The Morgan fingerprint density at radius 2 is 2.00 bits per heavy atom. The summed E-state index contributed by atoms with van der Waals surface area (Å²) in [5.74, 6) is 0.764. The Bertz CT molecular complexity index is 321. The highest BCUT2D eigenvalue weighted by molar-refractivity contribution is 5.69. The summed E-state index contributed by atoms with van der Waals surface area (Å²) in [6, 6.07) is 0.443. The molecule has 5 heteroatoms. The van der Waals surface area contributed by atoms with Gasteiger partial charge in [0, 0.05) is 25.7 Å². The van der Waals surface area contributed by atoms with Crippen molar-refractivity contribution in [1.29, 1.82) is 0 Å². The summed E-state index contributed by atoms with van der Waals surface area (Å²) in [7, 11) is 2.17. The maximum Gasteiger partial charge on any atom is 0.410 e. The van der Waals surface area contributed by atoms with Crippen molar-refractivity contribution in [1.82, 2.24) is 15.1 Å². The Kier molecular flexibility index (Phi) is 4.36. The summed E-state index contributed by atoms with van der Waals surface area (Å²) in [6.07, 6.45) is 1.09. The van der Waals surface area contributed by atoms with Gasteiger partial charge in [0.25, 0.3) is 0 Å². The smallest absolute Gasteiger partial charge is 0.410 e. The van der Waals surface area contributed by atoms with E-state index in [1.165, 1.54) is 19.5 Å². The van der Waals surface area contributed by atoms with Crippen molar-refractivity contribution >= 4 is 6.09 Å². The van der Waals surface area contributed by atoms with Gasteiger partial charge in [-0.3, -0.25) is 0 Å². The number of nitrogens with one attached hydrogen (secondary N) is 1. The van der Waals surface area contributed by atoms with Crippen molar-refractivity contribution < 1.29 is 9.53 Å². The van der Waals surface area contributed by atoms with Crippen molar-refractivity contribution in [3.05, 3.63) is 0 Å². The van der Waals surface area contributed by atoms with Crippen LogP contribution >= 0.6 is 0 Å². The van der Waals surface area contributed by atoms with Gasteiger partial charge in [-0.1, -0.05) is 0 Å². The van der Waals surface area contributed by atoms with Crippen LogP contribution in [0.15, 0.2) is 0 Å². The van der Waals surface area contributed by atoms with Crippen LogP contribution in [0.3, 0.4) is 0 Å². The minimum absolute atomic E-state index is 0.189. The Morgan fingerprint density at radius 3 is 2.53 bits per heavy atom. The lowest BCUT2D eigenvalue weighted by atomic mass is 10.1. The standard InChI is InChI=1S/C14H27N3O2/c1-14(2,3)19-13(18)17-9-12(10-17)15-7-11-5-6-16(4)8-11/h11-12,15H,5-10H2,1-4H3. The molecule has 0 aromatic rings. The van der Waals surface area contributed by atoms with E-state index in [2.05, 4.69) is 17.3 Å². The fourth-order valence-corrected chi connectivity index (χ4v) is 2.61. The first-order valence-electron chi connectivity index (χ1n) is 7.23. The topological polar surface area (TPSA) is 44.8 Å². The van der Waals surface area contributed by atoms with Crippen LogP contribution in [-0.4, -0.2) is 67.3 Å². The molecule has 1 N–H and O–H groups in total. The van der Waals surface area contributed by atoms with E-state index in [1.54, 1.807) is 4.90 Å². The highest BCUT2D eigenvalue weighted by Gasteiger charge is 2.33. The van der Waals surface area contributed by atoms with E-state index in [-0.39, 0.29) is 6.09 Å². The largest absolute Gasteiger partial charge is 0.444 e. The number of hydrogen-bond donors (Lipinski definition) is 1. The van der Waals surface area contributed by atoms with Crippen molar-refractivity contribution in [2.75, 3.05) is 39.8 Å². The molecule has 1 atom stereocenters. The van der Waals surface area contributed by atoms with Gasteiger partial charge in [0.15, 0.2) is 0 Å². The van der Waals surface area contributed by atoms with Crippen LogP contribution in [0.4, 0.5) is 4.79 Å². The number of likely N-dealkylation sites (tertiary alicyclic amines) is 2. The quantitative estimate of drug-likeness (QED) is 0.835. The average Bonchev–Trinajstić information content (AvgIpc) is 2.59. The fraction of sp³-hybridized carbons (Fsp3) is 0.929. The molecule has 2 saturated heterocycles. The lowest BCUT2D eigenvalue weighted by molar-refractivity contribution is 0.00506. The van der Waals surface area contributed by atoms with Gasteiger partial charge in [0.1, 0.15) is 5.60 Å². The number of rotatable bonds is 3. The Morgan fingerprint density at radius 1 is 1.32 bits per heavy atom. The van der Waals surface area contributed by atoms with Crippen LogP contribution in [0, 0.1) is 5.92 Å². The van der Waals surface area contributed by atoms with Crippen LogP contribution in [-0.2, 0) is 4.74 Å². The molecule has 2 fully saturated rings. The molecule has 2 aliphatic rings. The molecule has 110 valence electrons. The van der Waals surface area contributed by atoms with E-state index in [0.717, 1.165) is 25.6 Å². The molecule has 1 amide bonds. The van der Waals surface area contributed by atoms with Crippen LogP contribution < -0.4 is 5.32 Å². The third-order valence-electron chi connectivity index (χ3n) is 3.72. The third kappa shape index (κ3) is 4.35. The number of ether oxygens (including phenoxy) is 1. The minimum atomic E-state index is -0.399. The minimum Gasteiger partial charge on any atom is -0.444 e. The molecular formula is C14H27N3O2. The molecule has 0 spiro atoms. The molecule has 2 heterocycles. The number of nitrogens with zero attached hydrogens (tertiary/aromatic N) is 2. The predicted molar refractivity (Wildman–Crippen MR) is 75.2 cm³/mol. The van der Waals surface area contributed by atoms with Crippen LogP contribution in [0.1, 0.15) is 27.2 Å². The van der Waals surface area contributed by atoms with Gasteiger partial charge in [0.2, 0.25) is 0 Å². The van der Waals surface area contributed by atoms with Gasteiger partial charge in [-0.25, -0.2) is 4.79 Å². The van der Waals surface area contributed by atoms with Gasteiger partial charge in [-0.15, -0.1) is 0 Å². The van der Waals surface area contributed by atoms with E-state index in [1.807, 2.05) is 20.8 Å². The molecule has 0 radical (unpaired) electrons. The zero-order chi connectivity index (χ0) is 14.0. The lowest BCUT2D eigenvalue weighted by Crippen LogP contribution is -2.61. The van der Waals surface area contributed by atoms with Gasteiger partial charge in [0.05, 0.1) is 0 Å². The maximum atomic E-state index is 11.8. The second-order valence-electron chi connectivity index (χ2n) is 6.91. The summed E-state index contributed by atoms with van der Waals surface area (Å²) in [5.41, 5.74) is -0.399. The molecule has 0 aromatic heterocycles. The van der Waals surface area contributed by atoms with Gasteiger partial charge in [-0.05, 0) is 53.2 Å². The Labute approximate surface area is 116 Å². The molecule has 5 nitrogen and oxygen atoms in total. The number of amides is 1. The summed E-state index contributed by atoms with van der Waals surface area (Å²) < 4.78 is 5.33. The van der Waals surface area contributed by atoms with Gasteiger partial charge < -0.3 is 19.9 Å². The van der Waals surface area contributed by atoms with E-state index in [9.17, 15) is 4.79 Å². The lowest BCUT2D eigenvalue weighted by Gasteiger charge is -2.40. The number of carbonyl (C=O) groups is 1. The zero-order valence-electron chi connectivity index (χ0n) is 12.6. The molecule has 19 heavy (non-hydrogen) atoms. The first kappa shape index (κ1) is 14.6. The predicted octanol–water partition coefficient (Wildman–Crippen LogP) is 1.15. The van der Waals surface area contributed by atoms with Crippen molar-refractivity contribution in [3.8, 4) is 0 Å². The normalized spacial score (nSPS) is 25.5. The molecule has 0 saturated carbocycles. The molecule has 2 rings (SSSR count). The molecule has 0 bridgehead atoms.